The molecule has 0 spiro atoms. The number of nitrogens with zero attached hydrogens (tertiary/aromatic N) is 3. The quantitative estimate of drug-likeness (QED) is 0.899. The fourth-order valence-electron chi connectivity index (χ4n) is 3.38. The third-order valence-corrected chi connectivity index (χ3v) is 4.57. The molecule has 3 rings (SSSR count). The van der Waals surface area contributed by atoms with Crippen molar-refractivity contribution < 1.29 is 0 Å². The molecule has 2 N–H and O–H groups in total. The number of aromatic nitrogens is 1. The van der Waals surface area contributed by atoms with Crippen molar-refractivity contribution in [3.05, 3.63) is 23.9 Å². The SMILES string of the molecule is Nc1ncccc1CN1CCN(C2CCCC2)CC1. The first kappa shape index (κ1) is 12.9. The monoisotopic (exact) mass is 260 g/mol. The van der Waals surface area contributed by atoms with Crippen LogP contribution in [0.25, 0.3) is 0 Å². The predicted octanol–water partition coefficient (Wildman–Crippen LogP) is 1.72. The van der Waals surface area contributed by atoms with Gasteiger partial charge >= 0.3 is 0 Å². The maximum absolute atomic E-state index is 5.92. The largest absolute Gasteiger partial charge is 0.383 e. The highest BCUT2D eigenvalue weighted by Crippen LogP contribution is 2.24. The molecule has 0 bridgehead atoms. The van der Waals surface area contributed by atoms with Gasteiger partial charge in [0.1, 0.15) is 5.82 Å². The van der Waals surface area contributed by atoms with Gasteiger partial charge in [0.15, 0.2) is 0 Å². The molecule has 0 amide bonds. The van der Waals surface area contributed by atoms with Gasteiger partial charge in [-0.25, -0.2) is 4.98 Å². The fourth-order valence-corrected chi connectivity index (χ4v) is 3.38. The highest BCUT2D eigenvalue weighted by atomic mass is 15.3. The van der Waals surface area contributed by atoms with Gasteiger partial charge in [0.2, 0.25) is 0 Å². The summed E-state index contributed by atoms with van der Waals surface area (Å²) in [7, 11) is 0. The van der Waals surface area contributed by atoms with Crippen LogP contribution in [0.2, 0.25) is 0 Å². The highest BCUT2D eigenvalue weighted by Gasteiger charge is 2.26. The number of piperazine rings is 1. The molecule has 1 saturated carbocycles. The molecule has 4 heteroatoms. The second-order valence-corrected chi connectivity index (χ2v) is 5.80. The standard InChI is InChI=1S/C15H24N4/c16-15-13(4-3-7-17-15)12-18-8-10-19(11-9-18)14-5-1-2-6-14/h3-4,7,14H,1-2,5-6,8-12H2,(H2,16,17). The molecular formula is C15H24N4. The van der Waals surface area contributed by atoms with Crippen molar-refractivity contribution in [2.75, 3.05) is 31.9 Å². The third kappa shape index (κ3) is 3.07. The van der Waals surface area contributed by atoms with Crippen LogP contribution in [0.5, 0.6) is 0 Å². The Balaban J connectivity index is 1.51. The maximum atomic E-state index is 5.92. The minimum atomic E-state index is 0.681. The molecule has 19 heavy (non-hydrogen) atoms. The summed E-state index contributed by atoms with van der Waals surface area (Å²) in [5.41, 5.74) is 7.08. The van der Waals surface area contributed by atoms with E-state index in [1.54, 1.807) is 6.20 Å². The number of pyridine rings is 1. The van der Waals surface area contributed by atoms with Crippen LogP contribution >= 0.6 is 0 Å². The lowest BCUT2D eigenvalue weighted by Gasteiger charge is -2.38. The molecule has 4 nitrogen and oxygen atoms in total. The van der Waals surface area contributed by atoms with Crippen LogP contribution in [0.3, 0.4) is 0 Å². The Kier molecular flexibility index (Phi) is 3.99. The summed E-state index contributed by atoms with van der Waals surface area (Å²) in [5, 5.41) is 0. The molecule has 104 valence electrons. The Labute approximate surface area is 115 Å². The van der Waals surface area contributed by atoms with Crippen LogP contribution in [-0.2, 0) is 6.54 Å². The predicted molar refractivity (Wildman–Crippen MR) is 77.8 cm³/mol. The molecule has 1 aromatic heterocycles. The molecule has 0 radical (unpaired) electrons. The van der Waals surface area contributed by atoms with E-state index in [2.05, 4.69) is 20.9 Å². The van der Waals surface area contributed by atoms with Crippen molar-refractivity contribution in [1.29, 1.82) is 0 Å². The van der Waals surface area contributed by atoms with Crippen LogP contribution in [0.4, 0.5) is 5.82 Å². The van der Waals surface area contributed by atoms with Crippen LogP contribution in [0.1, 0.15) is 31.2 Å². The van der Waals surface area contributed by atoms with Crippen LogP contribution in [0, 0.1) is 0 Å². The van der Waals surface area contributed by atoms with Crippen molar-refractivity contribution in [2.45, 2.75) is 38.3 Å². The van der Waals surface area contributed by atoms with Crippen molar-refractivity contribution in [3.63, 3.8) is 0 Å². The average Bonchev–Trinajstić information content (AvgIpc) is 2.96. The van der Waals surface area contributed by atoms with Crippen molar-refractivity contribution >= 4 is 5.82 Å². The van der Waals surface area contributed by atoms with E-state index in [1.165, 1.54) is 38.8 Å². The summed E-state index contributed by atoms with van der Waals surface area (Å²) in [6.07, 6.45) is 7.44. The molecule has 1 saturated heterocycles. The van der Waals surface area contributed by atoms with Crippen molar-refractivity contribution in [2.24, 2.45) is 0 Å². The highest BCUT2D eigenvalue weighted by molar-refractivity contribution is 5.38. The Hall–Kier alpha value is -1.13. The van der Waals surface area contributed by atoms with Crippen LogP contribution in [-0.4, -0.2) is 47.0 Å². The normalized spacial score (nSPS) is 22.9. The molecular weight excluding hydrogens is 236 g/mol. The zero-order valence-corrected chi connectivity index (χ0v) is 11.6. The number of anilines is 1. The van der Waals surface area contributed by atoms with Gasteiger partial charge in [-0.15, -0.1) is 0 Å². The number of rotatable bonds is 3. The Bertz CT molecular complexity index is 406. The molecule has 0 aromatic carbocycles. The third-order valence-electron chi connectivity index (χ3n) is 4.57. The van der Waals surface area contributed by atoms with E-state index in [4.69, 9.17) is 5.73 Å². The fraction of sp³-hybridized carbons (Fsp3) is 0.667. The smallest absolute Gasteiger partial charge is 0.127 e. The average molecular weight is 260 g/mol. The van der Waals surface area contributed by atoms with Gasteiger partial charge in [0, 0.05) is 50.5 Å². The zero-order valence-electron chi connectivity index (χ0n) is 11.6. The summed E-state index contributed by atoms with van der Waals surface area (Å²) in [6.45, 7) is 5.68. The minimum absolute atomic E-state index is 0.681. The van der Waals surface area contributed by atoms with E-state index in [9.17, 15) is 0 Å². The van der Waals surface area contributed by atoms with Gasteiger partial charge in [-0.2, -0.15) is 0 Å². The molecule has 1 aliphatic heterocycles. The van der Waals surface area contributed by atoms with Gasteiger partial charge in [0.25, 0.3) is 0 Å². The van der Waals surface area contributed by atoms with Gasteiger partial charge in [-0.05, 0) is 18.9 Å². The lowest BCUT2D eigenvalue weighted by Crippen LogP contribution is -2.49. The van der Waals surface area contributed by atoms with E-state index in [1.807, 2.05) is 6.07 Å². The number of hydrogen-bond donors (Lipinski definition) is 1. The number of nitrogens with two attached hydrogens (primary N) is 1. The van der Waals surface area contributed by atoms with Crippen LogP contribution in [0.15, 0.2) is 18.3 Å². The summed E-state index contributed by atoms with van der Waals surface area (Å²) < 4.78 is 0. The van der Waals surface area contributed by atoms with Gasteiger partial charge < -0.3 is 5.73 Å². The Morgan fingerprint density at radius 3 is 2.58 bits per heavy atom. The molecule has 1 aliphatic carbocycles. The Morgan fingerprint density at radius 1 is 1.16 bits per heavy atom. The topological polar surface area (TPSA) is 45.4 Å². The zero-order chi connectivity index (χ0) is 13.1. The molecule has 0 unspecified atom stereocenters. The molecule has 2 aliphatic rings. The van der Waals surface area contributed by atoms with Gasteiger partial charge in [-0.3, -0.25) is 9.80 Å². The molecule has 2 heterocycles. The van der Waals surface area contributed by atoms with Crippen molar-refractivity contribution in [3.8, 4) is 0 Å². The van der Waals surface area contributed by atoms with E-state index in [0.29, 0.717) is 5.82 Å². The summed E-state index contributed by atoms with van der Waals surface area (Å²) in [4.78, 5) is 9.35. The van der Waals surface area contributed by atoms with Crippen molar-refractivity contribution in [1.82, 2.24) is 14.8 Å². The number of hydrogen-bond acceptors (Lipinski definition) is 4. The lowest BCUT2D eigenvalue weighted by molar-refractivity contribution is 0.0938. The maximum Gasteiger partial charge on any atom is 0.127 e. The van der Waals surface area contributed by atoms with E-state index >= 15 is 0 Å². The van der Waals surface area contributed by atoms with Gasteiger partial charge in [0.05, 0.1) is 0 Å². The first-order valence-electron chi connectivity index (χ1n) is 7.49. The molecule has 1 aromatic rings. The van der Waals surface area contributed by atoms with E-state index < -0.39 is 0 Å². The first-order chi connectivity index (χ1) is 9.33. The second-order valence-electron chi connectivity index (χ2n) is 5.80. The van der Waals surface area contributed by atoms with Crippen LogP contribution < -0.4 is 5.73 Å². The first-order valence-corrected chi connectivity index (χ1v) is 7.49. The molecule has 0 atom stereocenters. The number of nitrogen functional groups attached to an aromatic ring is 1. The summed E-state index contributed by atoms with van der Waals surface area (Å²) in [6, 6.07) is 4.93. The second kappa shape index (κ2) is 5.88. The Morgan fingerprint density at radius 2 is 1.89 bits per heavy atom. The minimum Gasteiger partial charge on any atom is -0.383 e. The molecule has 2 fully saturated rings. The lowest BCUT2D eigenvalue weighted by atomic mass is 10.1. The summed E-state index contributed by atoms with van der Waals surface area (Å²) >= 11 is 0. The van der Waals surface area contributed by atoms with E-state index in [0.717, 1.165) is 31.2 Å². The summed E-state index contributed by atoms with van der Waals surface area (Å²) in [5.74, 6) is 0.681. The van der Waals surface area contributed by atoms with E-state index in [-0.39, 0.29) is 0 Å². The van der Waals surface area contributed by atoms with Gasteiger partial charge in [-0.1, -0.05) is 18.9 Å².